The van der Waals surface area contributed by atoms with Crippen molar-refractivity contribution in [3.8, 4) is 6.07 Å². The molecule has 4 atom stereocenters. The maximum Gasteiger partial charge on any atom is 0.266 e. The summed E-state index contributed by atoms with van der Waals surface area (Å²) in [6.45, 7) is 6.69. The Morgan fingerprint density at radius 1 is 1.32 bits per heavy atom. The van der Waals surface area contributed by atoms with Crippen LogP contribution >= 0.6 is 0 Å². The molecule has 2 bridgehead atoms. The Kier molecular flexibility index (Phi) is 5.98. The van der Waals surface area contributed by atoms with Gasteiger partial charge in [0.25, 0.3) is 5.91 Å². The van der Waals surface area contributed by atoms with E-state index in [1.807, 2.05) is 0 Å². The van der Waals surface area contributed by atoms with E-state index in [9.17, 15) is 10.1 Å². The molecule has 1 heterocycles. The quantitative estimate of drug-likeness (QED) is 0.552. The summed E-state index contributed by atoms with van der Waals surface area (Å²) in [5.74, 6) is 2.27. The third kappa shape index (κ3) is 4.16. The molecule has 0 aromatic heterocycles. The van der Waals surface area contributed by atoms with Crippen molar-refractivity contribution in [2.45, 2.75) is 38.6 Å². The van der Waals surface area contributed by atoms with Crippen LogP contribution in [0.15, 0.2) is 11.8 Å². The van der Waals surface area contributed by atoms with E-state index in [1.165, 1.54) is 25.7 Å². The minimum atomic E-state index is -0.150. The summed E-state index contributed by atoms with van der Waals surface area (Å²) in [5, 5.41) is 12.8. The molecule has 4 unspecified atom stereocenters. The Labute approximate surface area is 151 Å². The van der Waals surface area contributed by atoms with Gasteiger partial charge < -0.3 is 16.0 Å². The van der Waals surface area contributed by atoms with Gasteiger partial charge in [-0.2, -0.15) is 5.26 Å². The van der Waals surface area contributed by atoms with Crippen LogP contribution in [0.1, 0.15) is 32.6 Å². The van der Waals surface area contributed by atoms with Gasteiger partial charge in [0, 0.05) is 51.5 Å². The first-order chi connectivity index (χ1) is 12.1. The van der Waals surface area contributed by atoms with Gasteiger partial charge in [-0.25, -0.2) is 0 Å². The first-order valence-electron chi connectivity index (χ1n) is 9.70. The Morgan fingerprint density at radius 3 is 2.64 bits per heavy atom. The summed E-state index contributed by atoms with van der Waals surface area (Å²) in [6, 6.07) is 2.42. The minimum absolute atomic E-state index is 0.150. The summed E-state index contributed by atoms with van der Waals surface area (Å²) in [5.41, 5.74) is 5.81. The number of rotatable bonds is 6. The van der Waals surface area contributed by atoms with Crippen LogP contribution in [0.3, 0.4) is 0 Å². The molecule has 2 saturated carbocycles. The van der Waals surface area contributed by atoms with Gasteiger partial charge in [-0.1, -0.05) is 6.42 Å². The van der Waals surface area contributed by atoms with Crippen molar-refractivity contribution in [2.24, 2.45) is 23.5 Å². The zero-order valence-corrected chi connectivity index (χ0v) is 15.3. The van der Waals surface area contributed by atoms with Crippen LogP contribution < -0.4 is 11.1 Å². The first kappa shape index (κ1) is 18.2. The molecule has 0 aromatic rings. The molecule has 3 N–H and O–H groups in total. The fourth-order valence-corrected chi connectivity index (χ4v) is 4.91. The zero-order chi connectivity index (χ0) is 17.8. The number of fused-ring (bicyclic) bond motifs is 2. The predicted molar refractivity (Wildman–Crippen MR) is 97.3 cm³/mol. The fourth-order valence-electron chi connectivity index (χ4n) is 4.91. The van der Waals surface area contributed by atoms with Crippen molar-refractivity contribution in [1.29, 1.82) is 5.26 Å². The van der Waals surface area contributed by atoms with E-state index in [0.717, 1.165) is 31.5 Å². The van der Waals surface area contributed by atoms with E-state index in [2.05, 4.69) is 23.2 Å². The van der Waals surface area contributed by atoms with Gasteiger partial charge in [-0.15, -0.1) is 0 Å². The SMILES string of the molecule is CC(N/C=C(/C#N)C(=O)N1CCN(CCN)CC1)C1CC2CCC1C2. The number of carbonyl (C=O) groups is 1. The lowest BCUT2D eigenvalue weighted by atomic mass is 9.84. The van der Waals surface area contributed by atoms with Gasteiger partial charge in [0.1, 0.15) is 11.6 Å². The summed E-state index contributed by atoms with van der Waals surface area (Å²) in [7, 11) is 0. The van der Waals surface area contributed by atoms with Crippen molar-refractivity contribution in [1.82, 2.24) is 15.1 Å². The van der Waals surface area contributed by atoms with Crippen LogP contribution in [-0.2, 0) is 4.79 Å². The normalized spacial score (nSPS) is 31.0. The van der Waals surface area contributed by atoms with Gasteiger partial charge in [-0.3, -0.25) is 9.69 Å². The van der Waals surface area contributed by atoms with Crippen molar-refractivity contribution in [3.63, 3.8) is 0 Å². The molecule has 6 nitrogen and oxygen atoms in total. The third-order valence-corrected chi connectivity index (χ3v) is 6.38. The Balaban J connectivity index is 1.52. The van der Waals surface area contributed by atoms with Gasteiger partial charge in [-0.05, 0) is 43.9 Å². The molecule has 6 heteroatoms. The molecule has 0 radical (unpaired) electrons. The average Bonchev–Trinajstić information content (AvgIpc) is 3.26. The Hall–Kier alpha value is -1.58. The number of hydrogen-bond acceptors (Lipinski definition) is 5. The van der Waals surface area contributed by atoms with Crippen molar-refractivity contribution in [3.05, 3.63) is 11.8 Å². The van der Waals surface area contributed by atoms with Crippen LogP contribution in [0.25, 0.3) is 0 Å². The third-order valence-electron chi connectivity index (χ3n) is 6.38. The molecule has 1 aliphatic heterocycles. The second-order valence-corrected chi connectivity index (χ2v) is 7.89. The largest absolute Gasteiger partial charge is 0.387 e. The van der Waals surface area contributed by atoms with E-state index >= 15 is 0 Å². The molecule has 0 spiro atoms. The van der Waals surface area contributed by atoms with E-state index < -0.39 is 0 Å². The summed E-state index contributed by atoms with van der Waals surface area (Å²) in [6.07, 6.45) is 7.07. The summed E-state index contributed by atoms with van der Waals surface area (Å²) in [4.78, 5) is 16.6. The second kappa shape index (κ2) is 8.20. The lowest BCUT2D eigenvalue weighted by molar-refractivity contribution is -0.128. The Bertz CT molecular complexity index is 547. The number of hydrogen-bond donors (Lipinski definition) is 2. The molecular weight excluding hydrogens is 314 g/mol. The number of nitrogens with two attached hydrogens (primary N) is 1. The Morgan fingerprint density at radius 2 is 2.08 bits per heavy atom. The van der Waals surface area contributed by atoms with E-state index in [1.54, 1.807) is 11.1 Å². The number of carbonyl (C=O) groups excluding carboxylic acids is 1. The molecule has 25 heavy (non-hydrogen) atoms. The number of nitrogens with one attached hydrogen (secondary N) is 1. The van der Waals surface area contributed by atoms with Crippen LogP contribution in [0.2, 0.25) is 0 Å². The highest BCUT2D eigenvalue weighted by molar-refractivity contribution is 5.97. The smallest absolute Gasteiger partial charge is 0.266 e. The van der Waals surface area contributed by atoms with E-state index in [0.29, 0.717) is 31.6 Å². The maximum absolute atomic E-state index is 12.6. The predicted octanol–water partition coefficient (Wildman–Crippen LogP) is 0.911. The fraction of sp³-hybridized carbons (Fsp3) is 0.789. The highest BCUT2D eigenvalue weighted by atomic mass is 16.2. The highest BCUT2D eigenvalue weighted by Gasteiger charge is 2.41. The van der Waals surface area contributed by atoms with Gasteiger partial charge in [0.2, 0.25) is 0 Å². The second-order valence-electron chi connectivity index (χ2n) is 7.89. The molecule has 2 aliphatic carbocycles. The van der Waals surface area contributed by atoms with Gasteiger partial charge >= 0.3 is 0 Å². The molecule has 3 rings (SSSR count). The monoisotopic (exact) mass is 345 g/mol. The molecule has 0 aromatic carbocycles. The van der Waals surface area contributed by atoms with E-state index in [4.69, 9.17) is 5.73 Å². The topological polar surface area (TPSA) is 85.4 Å². The molecule has 1 amide bonds. The average molecular weight is 345 g/mol. The van der Waals surface area contributed by atoms with Crippen LogP contribution in [0.5, 0.6) is 0 Å². The number of nitrogens with zero attached hydrogens (tertiary/aromatic N) is 3. The number of amides is 1. The number of nitriles is 1. The highest BCUT2D eigenvalue weighted by Crippen LogP contribution is 2.49. The lowest BCUT2D eigenvalue weighted by Crippen LogP contribution is -2.50. The van der Waals surface area contributed by atoms with Crippen molar-refractivity contribution >= 4 is 5.91 Å². The van der Waals surface area contributed by atoms with Crippen molar-refractivity contribution < 1.29 is 4.79 Å². The van der Waals surface area contributed by atoms with Crippen LogP contribution in [-0.4, -0.2) is 61.0 Å². The maximum atomic E-state index is 12.6. The molecule has 1 saturated heterocycles. The van der Waals surface area contributed by atoms with Gasteiger partial charge in [0.15, 0.2) is 0 Å². The van der Waals surface area contributed by atoms with E-state index in [-0.39, 0.29) is 11.5 Å². The standard InChI is InChI=1S/C19H31N5O/c1-14(18-11-15-2-3-16(18)10-15)22-13-17(12-21)19(25)24-8-6-23(5-4-20)7-9-24/h13-16,18,22H,2-11,20H2,1H3/b17-13-. The first-order valence-corrected chi connectivity index (χ1v) is 9.70. The summed E-state index contributed by atoms with van der Waals surface area (Å²) >= 11 is 0. The molecule has 3 aliphatic rings. The molecule has 3 fully saturated rings. The molecular formula is C19H31N5O. The summed E-state index contributed by atoms with van der Waals surface area (Å²) < 4.78 is 0. The number of piperazine rings is 1. The van der Waals surface area contributed by atoms with Crippen LogP contribution in [0.4, 0.5) is 0 Å². The lowest BCUT2D eigenvalue weighted by Gasteiger charge is -2.34. The zero-order valence-electron chi connectivity index (χ0n) is 15.3. The van der Waals surface area contributed by atoms with Crippen molar-refractivity contribution in [2.75, 3.05) is 39.3 Å². The molecule has 138 valence electrons. The van der Waals surface area contributed by atoms with Gasteiger partial charge in [0.05, 0.1) is 0 Å². The minimum Gasteiger partial charge on any atom is -0.387 e. The van der Waals surface area contributed by atoms with Crippen LogP contribution in [0, 0.1) is 29.1 Å².